The highest BCUT2D eigenvalue weighted by Gasteiger charge is 2.28. The fraction of sp³-hybridized carbons (Fsp3) is 0.318. The molecule has 1 N–H and O–H groups in total. The molecule has 2 aromatic carbocycles. The first-order chi connectivity index (χ1) is 13.6. The second-order valence-electron chi connectivity index (χ2n) is 7.08. The van der Waals surface area contributed by atoms with Gasteiger partial charge in [-0.15, -0.1) is 0 Å². The predicted molar refractivity (Wildman–Crippen MR) is 111 cm³/mol. The number of anilines is 2. The highest BCUT2D eigenvalue weighted by atomic mass is 16.6. The SMILES string of the molecule is CC1CN(C2C=CCCC2)c2ccccc2NC1=O.O=[N+]([O-])c1ccccc1. The summed E-state index contributed by atoms with van der Waals surface area (Å²) in [5, 5.41) is 13.0. The molecule has 0 aromatic heterocycles. The van der Waals surface area contributed by atoms with Crippen molar-refractivity contribution in [2.75, 3.05) is 16.8 Å². The Balaban J connectivity index is 0.000000211. The van der Waals surface area contributed by atoms with Gasteiger partial charge in [-0.2, -0.15) is 0 Å². The van der Waals surface area contributed by atoms with Gasteiger partial charge in [0.1, 0.15) is 0 Å². The average molecular weight is 379 g/mol. The molecule has 1 amide bonds. The maximum Gasteiger partial charge on any atom is 0.269 e. The van der Waals surface area contributed by atoms with Crippen LogP contribution in [0, 0.1) is 16.0 Å². The molecule has 0 radical (unpaired) electrons. The average Bonchev–Trinajstić information content (AvgIpc) is 2.86. The molecule has 2 aromatic rings. The van der Waals surface area contributed by atoms with Crippen molar-refractivity contribution in [3.63, 3.8) is 0 Å². The first-order valence-corrected chi connectivity index (χ1v) is 9.59. The van der Waals surface area contributed by atoms with Gasteiger partial charge in [0.05, 0.1) is 22.2 Å². The highest BCUT2D eigenvalue weighted by Crippen LogP contribution is 2.33. The standard InChI is InChI=1S/C16H20N2O.C6H5NO2/c1-12-11-18(13-7-3-2-4-8-13)15-10-6-5-9-14(15)17-16(12)19;8-7(9)6-4-2-1-3-5-6/h3,5-7,9-10,12-13H,2,4,8,11H2,1H3,(H,17,19);1-5H. The van der Waals surface area contributed by atoms with E-state index in [0.717, 1.165) is 17.9 Å². The number of fused-ring (bicyclic) bond motifs is 1. The summed E-state index contributed by atoms with van der Waals surface area (Å²) < 4.78 is 0. The molecule has 28 heavy (non-hydrogen) atoms. The molecule has 4 rings (SSSR count). The Bertz CT molecular complexity index is 851. The number of hydrogen-bond acceptors (Lipinski definition) is 4. The first kappa shape index (κ1) is 19.6. The van der Waals surface area contributed by atoms with E-state index in [9.17, 15) is 14.9 Å². The van der Waals surface area contributed by atoms with Crippen molar-refractivity contribution in [3.8, 4) is 0 Å². The summed E-state index contributed by atoms with van der Waals surface area (Å²) in [7, 11) is 0. The van der Waals surface area contributed by atoms with Crippen LogP contribution in [0.25, 0.3) is 0 Å². The quantitative estimate of drug-likeness (QED) is 0.463. The number of nitro groups is 1. The van der Waals surface area contributed by atoms with Gasteiger partial charge in [-0.05, 0) is 31.4 Å². The van der Waals surface area contributed by atoms with E-state index in [1.807, 2.05) is 25.1 Å². The van der Waals surface area contributed by atoms with Crippen LogP contribution in [0.5, 0.6) is 0 Å². The molecule has 1 aliphatic heterocycles. The third-order valence-electron chi connectivity index (χ3n) is 4.99. The van der Waals surface area contributed by atoms with Gasteiger partial charge in [0.25, 0.3) is 5.69 Å². The van der Waals surface area contributed by atoms with Gasteiger partial charge in [0, 0.05) is 24.7 Å². The zero-order valence-corrected chi connectivity index (χ0v) is 16.0. The second kappa shape index (κ2) is 9.17. The van der Waals surface area contributed by atoms with E-state index in [2.05, 4.69) is 28.4 Å². The topological polar surface area (TPSA) is 75.5 Å². The zero-order chi connectivity index (χ0) is 19.9. The number of nitrogens with one attached hydrogen (secondary N) is 1. The minimum atomic E-state index is -0.417. The summed E-state index contributed by atoms with van der Waals surface area (Å²) in [4.78, 5) is 24.0. The van der Waals surface area contributed by atoms with Gasteiger partial charge >= 0.3 is 0 Å². The van der Waals surface area contributed by atoms with E-state index >= 15 is 0 Å². The van der Waals surface area contributed by atoms with Crippen LogP contribution in [0.15, 0.2) is 66.7 Å². The largest absolute Gasteiger partial charge is 0.363 e. The molecule has 0 fully saturated rings. The number of allylic oxidation sites excluding steroid dienone is 1. The highest BCUT2D eigenvalue weighted by molar-refractivity contribution is 5.97. The van der Waals surface area contributed by atoms with Crippen LogP contribution in [0.4, 0.5) is 17.1 Å². The van der Waals surface area contributed by atoms with Gasteiger partial charge in [0.2, 0.25) is 5.91 Å². The summed E-state index contributed by atoms with van der Waals surface area (Å²) in [6.45, 7) is 2.79. The third kappa shape index (κ3) is 4.76. The van der Waals surface area contributed by atoms with Crippen molar-refractivity contribution in [2.45, 2.75) is 32.2 Å². The zero-order valence-electron chi connectivity index (χ0n) is 16.0. The van der Waals surface area contributed by atoms with E-state index in [1.54, 1.807) is 18.2 Å². The number of non-ortho nitro benzene ring substituents is 1. The predicted octanol–water partition coefficient (Wildman–Crippen LogP) is 4.78. The molecule has 2 atom stereocenters. The summed E-state index contributed by atoms with van der Waals surface area (Å²) in [5.74, 6) is 0.137. The Morgan fingerprint density at radius 2 is 1.82 bits per heavy atom. The van der Waals surface area contributed by atoms with Gasteiger partial charge in [0.15, 0.2) is 0 Å². The number of para-hydroxylation sites is 3. The summed E-state index contributed by atoms with van der Waals surface area (Å²) in [6.07, 6.45) is 8.14. The van der Waals surface area contributed by atoms with Crippen molar-refractivity contribution < 1.29 is 9.72 Å². The summed E-state index contributed by atoms with van der Waals surface area (Å²) >= 11 is 0. The number of nitrogens with zero attached hydrogens (tertiary/aromatic N) is 2. The van der Waals surface area contributed by atoms with Crippen LogP contribution in [-0.4, -0.2) is 23.4 Å². The number of carbonyl (C=O) groups excluding carboxylic acids is 1. The lowest BCUT2D eigenvalue weighted by molar-refractivity contribution is -0.384. The normalized spacial score (nSPS) is 20.9. The number of carbonyl (C=O) groups is 1. The first-order valence-electron chi connectivity index (χ1n) is 9.59. The molecule has 146 valence electrons. The Morgan fingerprint density at radius 1 is 1.11 bits per heavy atom. The van der Waals surface area contributed by atoms with E-state index in [-0.39, 0.29) is 17.5 Å². The molecule has 0 spiro atoms. The number of amides is 1. The third-order valence-corrected chi connectivity index (χ3v) is 4.99. The maximum atomic E-state index is 12.0. The Morgan fingerprint density at radius 3 is 2.46 bits per heavy atom. The molecule has 0 bridgehead atoms. The van der Waals surface area contributed by atoms with E-state index in [0.29, 0.717) is 6.04 Å². The number of rotatable bonds is 2. The van der Waals surface area contributed by atoms with Gasteiger partial charge in [-0.3, -0.25) is 14.9 Å². The Kier molecular flexibility index (Phi) is 6.42. The van der Waals surface area contributed by atoms with Crippen LogP contribution < -0.4 is 10.2 Å². The fourth-order valence-electron chi connectivity index (χ4n) is 3.48. The molecular weight excluding hydrogens is 354 g/mol. The number of hydrogen-bond donors (Lipinski definition) is 1. The van der Waals surface area contributed by atoms with Gasteiger partial charge < -0.3 is 10.2 Å². The molecule has 6 nitrogen and oxygen atoms in total. The van der Waals surface area contributed by atoms with Gasteiger partial charge in [-0.25, -0.2) is 0 Å². The molecular formula is C22H25N3O3. The lowest BCUT2D eigenvalue weighted by Crippen LogP contribution is -2.38. The maximum absolute atomic E-state index is 12.0. The number of nitro benzene ring substituents is 1. The van der Waals surface area contributed by atoms with Crippen molar-refractivity contribution in [3.05, 3.63) is 76.9 Å². The van der Waals surface area contributed by atoms with E-state index in [4.69, 9.17) is 0 Å². The molecule has 2 unspecified atom stereocenters. The van der Waals surface area contributed by atoms with Crippen LogP contribution >= 0.6 is 0 Å². The Labute approximate surface area is 165 Å². The molecule has 1 heterocycles. The summed E-state index contributed by atoms with van der Waals surface area (Å²) in [6, 6.07) is 16.5. The van der Waals surface area contributed by atoms with Crippen molar-refractivity contribution in [1.29, 1.82) is 0 Å². The van der Waals surface area contributed by atoms with E-state index < -0.39 is 4.92 Å². The smallest absolute Gasteiger partial charge is 0.269 e. The van der Waals surface area contributed by atoms with Crippen LogP contribution in [0.3, 0.4) is 0 Å². The van der Waals surface area contributed by atoms with Crippen molar-refractivity contribution >= 4 is 23.0 Å². The lowest BCUT2D eigenvalue weighted by Gasteiger charge is -2.34. The molecule has 0 saturated heterocycles. The molecule has 6 heteroatoms. The van der Waals surface area contributed by atoms with Crippen LogP contribution in [-0.2, 0) is 4.79 Å². The van der Waals surface area contributed by atoms with Crippen LogP contribution in [0.2, 0.25) is 0 Å². The van der Waals surface area contributed by atoms with Crippen molar-refractivity contribution in [2.24, 2.45) is 5.92 Å². The lowest BCUT2D eigenvalue weighted by atomic mass is 9.99. The summed E-state index contributed by atoms with van der Waals surface area (Å²) in [5.41, 5.74) is 2.23. The fourth-order valence-corrected chi connectivity index (χ4v) is 3.48. The monoisotopic (exact) mass is 379 g/mol. The number of benzene rings is 2. The van der Waals surface area contributed by atoms with Crippen LogP contribution in [0.1, 0.15) is 26.2 Å². The van der Waals surface area contributed by atoms with Gasteiger partial charge in [-0.1, -0.05) is 49.4 Å². The Hall–Kier alpha value is -3.15. The van der Waals surface area contributed by atoms with Crippen molar-refractivity contribution in [1.82, 2.24) is 0 Å². The van der Waals surface area contributed by atoms with E-state index in [1.165, 1.54) is 31.4 Å². The minimum Gasteiger partial charge on any atom is -0.363 e. The molecule has 2 aliphatic rings. The molecule has 0 saturated carbocycles. The molecule has 1 aliphatic carbocycles. The second-order valence-corrected chi connectivity index (χ2v) is 7.08. The minimum absolute atomic E-state index is 0.0164.